The summed E-state index contributed by atoms with van der Waals surface area (Å²) in [6, 6.07) is 5.71. The molecule has 0 unspecified atom stereocenters. The molecule has 0 atom stereocenters. The molecule has 1 aromatic heterocycles. The number of rotatable bonds is 5. The van der Waals surface area contributed by atoms with E-state index < -0.39 is 5.97 Å². The molecule has 1 aliphatic rings. The van der Waals surface area contributed by atoms with Crippen LogP contribution in [0.4, 0.5) is 0 Å². The zero-order valence-electron chi connectivity index (χ0n) is 14.4. The van der Waals surface area contributed by atoms with Crippen LogP contribution >= 0.6 is 0 Å². The molecule has 1 aliphatic carbocycles. The molecule has 1 fully saturated rings. The third-order valence-corrected chi connectivity index (χ3v) is 4.94. The van der Waals surface area contributed by atoms with Crippen LogP contribution in [0.3, 0.4) is 0 Å². The number of aryl methyl sites for hydroxylation is 1. The van der Waals surface area contributed by atoms with Crippen LogP contribution in [0.25, 0.3) is 11.0 Å². The summed E-state index contributed by atoms with van der Waals surface area (Å²) in [5.41, 5.74) is 8.27. The van der Waals surface area contributed by atoms with Crippen molar-refractivity contribution in [2.45, 2.75) is 44.1 Å². The highest BCUT2D eigenvalue weighted by atomic mass is 16.4. The number of amides is 1. The number of aromatic nitrogens is 2. The number of aliphatic carboxylic acids is 1. The van der Waals surface area contributed by atoms with Gasteiger partial charge in [0.25, 0.3) is 5.91 Å². The van der Waals surface area contributed by atoms with Gasteiger partial charge in [0.1, 0.15) is 5.82 Å². The van der Waals surface area contributed by atoms with Gasteiger partial charge < -0.3 is 20.7 Å². The third-order valence-electron chi connectivity index (χ3n) is 4.94. The zero-order valence-corrected chi connectivity index (χ0v) is 14.4. The number of benzene rings is 1. The Balaban J connectivity index is 1.79. The van der Waals surface area contributed by atoms with Crippen molar-refractivity contribution in [3.63, 3.8) is 0 Å². The summed E-state index contributed by atoms with van der Waals surface area (Å²) >= 11 is 0. The van der Waals surface area contributed by atoms with Crippen molar-refractivity contribution in [1.82, 2.24) is 14.9 Å². The Kier molecular flexibility index (Phi) is 5.03. The second-order valence-electron chi connectivity index (χ2n) is 6.74. The first kappa shape index (κ1) is 17.4. The minimum absolute atomic E-state index is 0.0917. The summed E-state index contributed by atoms with van der Waals surface area (Å²) < 4.78 is 2.10. The van der Waals surface area contributed by atoms with Crippen LogP contribution in [0.5, 0.6) is 0 Å². The van der Waals surface area contributed by atoms with Crippen LogP contribution < -0.4 is 11.1 Å². The molecule has 0 saturated heterocycles. The van der Waals surface area contributed by atoms with E-state index in [1.165, 1.54) is 0 Å². The number of nitrogens with two attached hydrogens (primary N) is 1. The molecule has 0 aliphatic heterocycles. The first-order chi connectivity index (χ1) is 12.0. The number of carboxylic acids is 1. The maximum atomic E-state index is 12.1. The number of hydrogen-bond donors (Lipinski definition) is 3. The van der Waals surface area contributed by atoms with Crippen LogP contribution in [0, 0.1) is 0 Å². The van der Waals surface area contributed by atoms with E-state index in [2.05, 4.69) is 9.88 Å². The van der Waals surface area contributed by atoms with E-state index in [0.717, 1.165) is 42.5 Å². The molecular weight excluding hydrogens is 320 g/mol. The van der Waals surface area contributed by atoms with Gasteiger partial charge in [-0.2, -0.15) is 0 Å². The van der Waals surface area contributed by atoms with Gasteiger partial charge in [-0.05, 0) is 43.9 Å². The minimum Gasteiger partial charge on any atom is -0.481 e. The molecule has 7 nitrogen and oxygen atoms in total. The van der Waals surface area contributed by atoms with E-state index in [-0.39, 0.29) is 18.9 Å². The summed E-state index contributed by atoms with van der Waals surface area (Å²) in [4.78, 5) is 27.4. The van der Waals surface area contributed by atoms with Gasteiger partial charge in [0, 0.05) is 31.1 Å². The van der Waals surface area contributed by atoms with E-state index in [0.29, 0.717) is 17.5 Å². The van der Waals surface area contributed by atoms with Crippen molar-refractivity contribution in [2.24, 2.45) is 12.8 Å². The number of nitrogens with one attached hydrogen (secondary N) is 1. The molecule has 1 aromatic carbocycles. The van der Waals surface area contributed by atoms with E-state index in [9.17, 15) is 9.59 Å². The molecule has 7 heteroatoms. The smallest absolute Gasteiger partial charge is 0.305 e. The quantitative estimate of drug-likeness (QED) is 0.765. The van der Waals surface area contributed by atoms with Gasteiger partial charge in [0.2, 0.25) is 0 Å². The van der Waals surface area contributed by atoms with E-state index in [1.807, 2.05) is 13.1 Å². The lowest BCUT2D eigenvalue weighted by Gasteiger charge is -2.25. The first-order valence-electron chi connectivity index (χ1n) is 8.67. The topological polar surface area (TPSA) is 110 Å². The summed E-state index contributed by atoms with van der Waals surface area (Å²) in [6.45, 7) is 0.113. The maximum absolute atomic E-state index is 12.1. The predicted octanol–water partition coefficient (Wildman–Crippen LogP) is 1.76. The predicted molar refractivity (Wildman–Crippen MR) is 94.5 cm³/mol. The second-order valence-corrected chi connectivity index (χ2v) is 6.74. The molecule has 1 amide bonds. The molecule has 0 bridgehead atoms. The summed E-state index contributed by atoms with van der Waals surface area (Å²) in [7, 11) is 2.01. The fourth-order valence-corrected chi connectivity index (χ4v) is 3.49. The van der Waals surface area contributed by atoms with Gasteiger partial charge in [0.15, 0.2) is 0 Å². The van der Waals surface area contributed by atoms with Gasteiger partial charge in [-0.1, -0.05) is 0 Å². The molecule has 0 spiro atoms. The largest absolute Gasteiger partial charge is 0.481 e. The summed E-state index contributed by atoms with van der Waals surface area (Å²) in [5.74, 6) is 0.242. The monoisotopic (exact) mass is 344 g/mol. The summed E-state index contributed by atoms with van der Waals surface area (Å²) in [5, 5.41) is 11.3. The molecular formula is C18H24N4O3. The van der Waals surface area contributed by atoms with Crippen LogP contribution in [0.2, 0.25) is 0 Å². The number of hydrogen-bond acceptors (Lipinski definition) is 4. The molecule has 25 heavy (non-hydrogen) atoms. The molecule has 2 aromatic rings. The normalized spacial score (nSPS) is 20.6. The van der Waals surface area contributed by atoms with Crippen molar-refractivity contribution in [1.29, 1.82) is 0 Å². The Labute approximate surface area is 146 Å². The van der Waals surface area contributed by atoms with Crippen molar-refractivity contribution < 1.29 is 14.7 Å². The van der Waals surface area contributed by atoms with Gasteiger partial charge >= 0.3 is 5.97 Å². The van der Waals surface area contributed by atoms with E-state index in [1.54, 1.807) is 12.1 Å². The molecule has 0 radical (unpaired) electrons. The van der Waals surface area contributed by atoms with Crippen molar-refractivity contribution >= 4 is 22.9 Å². The van der Waals surface area contributed by atoms with Crippen LogP contribution in [-0.4, -0.2) is 39.1 Å². The molecule has 4 N–H and O–H groups in total. The maximum Gasteiger partial charge on any atom is 0.305 e. The zero-order chi connectivity index (χ0) is 18.0. The molecule has 1 heterocycles. The Morgan fingerprint density at radius 2 is 2.04 bits per heavy atom. The van der Waals surface area contributed by atoms with Crippen LogP contribution in [0.15, 0.2) is 18.2 Å². The van der Waals surface area contributed by atoms with Crippen molar-refractivity contribution in [3.05, 3.63) is 29.6 Å². The average Bonchev–Trinajstić information content (AvgIpc) is 2.91. The van der Waals surface area contributed by atoms with Gasteiger partial charge in [-0.15, -0.1) is 0 Å². The molecule has 1 saturated carbocycles. The standard InChI is InChI=1S/C18H24N4O3/c1-22-15-7-4-12(18(25)20-9-8-16(23)24)10-14(15)21-17(22)11-2-5-13(19)6-3-11/h4,7,10-11,13H,2-3,5-6,8-9,19H2,1H3,(H,20,25)(H,23,24). The SMILES string of the molecule is Cn1c(C2CCC(N)CC2)nc2cc(C(=O)NCCC(=O)O)ccc21. The van der Waals surface area contributed by atoms with E-state index in [4.69, 9.17) is 15.8 Å². The fourth-order valence-electron chi connectivity index (χ4n) is 3.49. The van der Waals surface area contributed by atoms with Crippen LogP contribution in [-0.2, 0) is 11.8 Å². The fraction of sp³-hybridized carbons (Fsp3) is 0.500. The number of imidazole rings is 1. The van der Waals surface area contributed by atoms with Crippen molar-refractivity contribution in [3.8, 4) is 0 Å². The lowest BCUT2D eigenvalue weighted by atomic mass is 9.86. The number of fused-ring (bicyclic) bond motifs is 1. The number of carboxylic acid groups (broad SMARTS) is 1. The van der Waals surface area contributed by atoms with Crippen molar-refractivity contribution in [2.75, 3.05) is 6.54 Å². The second kappa shape index (κ2) is 7.23. The Bertz CT molecular complexity index is 791. The lowest BCUT2D eigenvalue weighted by molar-refractivity contribution is -0.136. The number of carbonyl (C=O) groups is 2. The van der Waals surface area contributed by atoms with Gasteiger partial charge in [0.05, 0.1) is 17.5 Å². The Morgan fingerprint density at radius 3 is 2.72 bits per heavy atom. The number of carbonyl (C=O) groups excluding carboxylic acids is 1. The van der Waals surface area contributed by atoms with Gasteiger partial charge in [-0.25, -0.2) is 4.98 Å². The van der Waals surface area contributed by atoms with Gasteiger partial charge in [-0.3, -0.25) is 9.59 Å². The van der Waals surface area contributed by atoms with E-state index >= 15 is 0 Å². The van der Waals surface area contributed by atoms with Crippen LogP contribution in [0.1, 0.15) is 54.2 Å². The Morgan fingerprint density at radius 1 is 1.32 bits per heavy atom. The average molecular weight is 344 g/mol. The highest BCUT2D eigenvalue weighted by molar-refractivity contribution is 5.97. The molecule has 134 valence electrons. The number of nitrogens with zero attached hydrogens (tertiary/aromatic N) is 2. The molecule has 3 rings (SSSR count). The minimum atomic E-state index is -0.933. The first-order valence-corrected chi connectivity index (χ1v) is 8.67. The highest BCUT2D eigenvalue weighted by Gasteiger charge is 2.24. The lowest BCUT2D eigenvalue weighted by Crippen LogP contribution is -2.26. The Hall–Kier alpha value is -2.41. The third kappa shape index (κ3) is 3.82. The highest BCUT2D eigenvalue weighted by Crippen LogP contribution is 2.33. The summed E-state index contributed by atoms with van der Waals surface area (Å²) in [6.07, 6.45) is 4.03.